The predicted octanol–water partition coefficient (Wildman–Crippen LogP) is -1.76. The Morgan fingerprint density at radius 2 is 1.94 bits per heavy atom. The monoisotopic (exact) mass is 540 g/mol. The molecule has 33 heavy (non-hydrogen) atoms. The molecule has 0 bridgehead atoms. The van der Waals surface area contributed by atoms with Crippen molar-refractivity contribution in [3.8, 4) is 0 Å². The largest absolute Gasteiger partial charge is 0.490 e. The second-order valence-electron chi connectivity index (χ2n) is 6.76. The van der Waals surface area contributed by atoms with Gasteiger partial charge in [0.2, 0.25) is 0 Å². The van der Waals surface area contributed by atoms with Crippen molar-refractivity contribution < 1.29 is 60.6 Å². The number of nitrogens with zero attached hydrogens (tertiary/aromatic N) is 3. The van der Waals surface area contributed by atoms with Crippen LogP contribution in [0, 0.1) is 0 Å². The summed E-state index contributed by atoms with van der Waals surface area (Å²) in [6, 6.07) is 0. The van der Waals surface area contributed by atoms with Gasteiger partial charge in [0.15, 0.2) is 12.4 Å². The summed E-state index contributed by atoms with van der Waals surface area (Å²) in [6.45, 7) is -1.78. The zero-order valence-corrected chi connectivity index (χ0v) is 18.9. The fraction of sp³-hybridized carbons (Fsp3) is 0.636. The average Bonchev–Trinajstić information content (AvgIpc) is 3.19. The summed E-state index contributed by atoms with van der Waals surface area (Å²) in [4.78, 5) is 43.8. The van der Waals surface area contributed by atoms with Gasteiger partial charge in [0, 0.05) is 6.54 Å². The maximum atomic E-state index is 15.0. The summed E-state index contributed by atoms with van der Waals surface area (Å²) in [5, 5.41) is 13.2. The van der Waals surface area contributed by atoms with Crippen molar-refractivity contribution in [1.29, 1.82) is 0 Å². The van der Waals surface area contributed by atoms with Gasteiger partial charge >= 0.3 is 23.5 Å². The number of aliphatic hydroxyl groups is 1. The van der Waals surface area contributed by atoms with Crippen molar-refractivity contribution in [2.75, 3.05) is 25.1 Å². The summed E-state index contributed by atoms with van der Waals surface area (Å²) in [5.74, 6) is 0.275. The van der Waals surface area contributed by atoms with Crippen LogP contribution in [0.1, 0.15) is 11.9 Å². The topological polar surface area (TPSA) is 284 Å². The lowest BCUT2D eigenvalue weighted by atomic mass is 9.97. The third-order valence-corrected chi connectivity index (χ3v) is 8.29. The molecule has 188 valence electrons. The molecular weight excluding hydrogens is 520 g/mol. The van der Waals surface area contributed by atoms with Crippen LogP contribution in [0.2, 0.25) is 0 Å². The summed E-state index contributed by atoms with van der Waals surface area (Å²) in [5.41, 5.74) is 9.32. The number of nitrogens with one attached hydrogen (secondary N) is 1. The van der Waals surface area contributed by atoms with E-state index < -0.39 is 60.7 Å². The van der Waals surface area contributed by atoms with E-state index in [1.807, 2.05) is 0 Å². The Labute approximate surface area is 183 Å². The number of rotatable bonds is 9. The van der Waals surface area contributed by atoms with Gasteiger partial charge in [0.25, 0.3) is 0 Å². The molecule has 6 atom stereocenters. The van der Waals surface area contributed by atoms with E-state index in [2.05, 4.69) is 28.4 Å². The minimum Gasteiger partial charge on any atom is -0.387 e. The maximum absolute atomic E-state index is 15.0. The first-order valence-corrected chi connectivity index (χ1v) is 13.2. The molecule has 0 aromatic carbocycles. The number of amidine groups is 1. The molecule has 1 fully saturated rings. The Bertz CT molecular complexity index is 1080. The Hall–Kier alpha value is -1.30. The molecule has 2 aliphatic rings. The second-order valence-corrected chi connectivity index (χ2v) is 11.2. The molecule has 18 nitrogen and oxygen atoms in total. The predicted molar refractivity (Wildman–Crippen MR) is 104 cm³/mol. The van der Waals surface area contributed by atoms with Crippen LogP contribution in [0.3, 0.4) is 0 Å². The first-order chi connectivity index (χ1) is 15.1. The SMILES string of the molecule is NC[C@]1(COP(=O)(O)OP(=O)(O)OP(=O)(O)O)O[C@@H](n2cnc3c2NCN=C3N)[C@H](F)[C@@H]1O. The van der Waals surface area contributed by atoms with Crippen LogP contribution in [0.25, 0.3) is 0 Å². The molecule has 0 aliphatic carbocycles. The number of aliphatic imine (C=N–C) groups is 1. The number of hydrogen-bond acceptors (Lipinski definition) is 13. The van der Waals surface area contributed by atoms with Gasteiger partial charge in [-0.15, -0.1) is 0 Å². The first kappa shape index (κ1) is 26.3. The highest BCUT2D eigenvalue weighted by Gasteiger charge is 2.57. The summed E-state index contributed by atoms with van der Waals surface area (Å²) < 4.78 is 67.4. The number of halogens is 1. The number of anilines is 1. The van der Waals surface area contributed by atoms with Gasteiger partial charge in [-0.1, -0.05) is 0 Å². The molecule has 3 heterocycles. The van der Waals surface area contributed by atoms with E-state index in [-0.39, 0.29) is 24.0 Å². The zero-order chi connectivity index (χ0) is 24.8. The van der Waals surface area contributed by atoms with Crippen LogP contribution in [-0.4, -0.2) is 77.8 Å². The molecule has 1 saturated heterocycles. The van der Waals surface area contributed by atoms with Gasteiger partial charge < -0.3 is 46.2 Å². The third-order valence-electron chi connectivity index (χ3n) is 4.51. The molecule has 10 N–H and O–H groups in total. The number of aromatic nitrogens is 2. The lowest BCUT2D eigenvalue weighted by Gasteiger charge is -2.30. The van der Waals surface area contributed by atoms with E-state index in [0.717, 1.165) is 10.9 Å². The molecule has 0 saturated carbocycles. The number of nitrogens with two attached hydrogens (primary N) is 2. The molecule has 1 aromatic rings. The van der Waals surface area contributed by atoms with Gasteiger partial charge in [-0.05, 0) is 0 Å². The number of phosphoric ester groups is 1. The maximum Gasteiger partial charge on any atom is 0.490 e. The molecule has 0 spiro atoms. The number of hydrogen-bond donors (Lipinski definition) is 8. The van der Waals surface area contributed by atoms with Crippen molar-refractivity contribution in [2.45, 2.75) is 24.1 Å². The average molecular weight is 540 g/mol. The fourth-order valence-corrected chi connectivity index (χ4v) is 6.14. The van der Waals surface area contributed by atoms with Crippen molar-refractivity contribution in [3.05, 3.63) is 12.0 Å². The summed E-state index contributed by atoms with van der Waals surface area (Å²) >= 11 is 0. The summed E-state index contributed by atoms with van der Waals surface area (Å²) in [6.07, 6.45) is -4.63. The molecule has 0 radical (unpaired) electrons. The van der Waals surface area contributed by atoms with Crippen LogP contribution < -0.4 is 16.8 Å². The van der Waals surface area contributed by atoms with Crippen molar-refractivity contribution in [3.63, 3.8) is 0 Å². The van der Waals surface area contributed by atoms with Crippen LogP contribution in [0.5, 0.6) is 0 Å². The standard InChI is InChI=1S/C11H20FN6O12P3/c12-5-7(19)11(1-13,2-27-32(23,24)30-33(25,26)29-31(20,21)22)28-10(5)18-4-17-6-8(14)15-3-16-9(6)18/h4-5,7,10,16,19H,1-3,13H2,(H2,14,15)(H,23,24)(H,25,26)(H2,20,21,22)/t5-,7+,10-,11-/m1/s1. The fourth-order valence-electron chi connectivity index (χ4n) is 3.06. The van der Waals surface area contributed by atoms with Gasteiger partial charge in [-0.3, -0.25) is 9.09 Å². The van der Waals surface area contributed by atoms with E-state index in [9.17, 15) is 33.0 Å². The van der Waals surface area contributed by atoms with Crippen molar-refractivity contribution in [2.24, 2.45) is 16.5 Å². The Morgan fingerprint density at radius 3 is 2.55 bits per heavy atom. The van der Waals surface area contributed by atoms with Crippen LogP contribution in [0.4, 0.5) is 10.2 Å². The van der Waals surface area contributed by atoms with E-state index in [4.69, 9.17) is 26.0 Å². The molecule has 1 aromatic heterocycles. The minimum absolute atomic E-state index is 0.0465. The zero-order valence-electron chi connectivity index (χ0n) is 16.2. The van der Waals surface area contributed by atoms with E-state index >= 15 is 0 Å². The number of aliphatic hydroxyl groups excluding tert-OH is 1. The highest BCUT2D eigenvalue weighted by atomic mass is 31.3. The third kappa shape index (κ3) is 5.68. The van der Waals surface area contributed by atoms with Gasteiger partial charge in [0.05, 0.1) is 12.9 Å². The van der Waals surface area contributed by atoms with Gasteiger partial charge in [0.1, 0.15) is 35.7 Å². The van der Waals surface area contributed by atoms with Crippen LogP contribution in [0.15, 0.2) is 11.3 Å². The number of alkyl halides is 1. The lowest BCUT2D eigenvalue weighted by Crippen LogP contribution is -2.51. The number of ether oxygens (including phenoxy) is 1. The Balaban J connectivity index is 1.77. The molecule has 0 amide bonds. The number of imidazole rings is 1. The Kier molecular flexibility index (Phi) is 7.22. The highest BCUT2D eigenvalue weighted by molar-refractivity contribution is 7.66. The Morgan fingerprint density at radius 1 is 1.27 bits per heavy atom. The normalized spacial score (nSPS) is 31.2. The molecular formula is C11H20FN6O12P3. The first-order valence-electron chi connectivity index (χ1n) is 8.69. The quantitative estimate of drug-likeness (QED) is 0.161. The van der Waals surface area contributed by atoms with Gasteiger partial charge in [-0.2, -0.15) is 8.62 Å². The van der Waals surface area contributed by atoms with Crippen LogP contribution >= 0.6 is 23.5 Å². The van der Waals surface area contributed by atoms with Crippen molar-refractivity contribution in [1.82, 2.24) is 9.55 Å². The molecule has 3 rings (SSSR count). The summed E-state index contributed by atoms with van der Waals surface area (Å²) in [7, 11) is -16.9. The van der Waals surface area contributed by atoms with E-state index in [1.54, 1.807) is 0 Å². The molecule has 2 aliphatic heterocycles. The van der Waals surface area contributed by atoms with E-state index in [1.165, 1.54) is 0 Å². The minimum atomic E-state index is -5.78. The van der Waals surface area contributed by atoms with Crippen molar-refractivity contribution >= 4 is 35.1 Å². The smallest absolute Gasteiger partial charge is 0.387 e. The number of phosphoric acid groups is 3. The molecule has 22 heteroatoms. The molecule has 2 unspecified atom stereocenters. The number of fused-ring (bicyclic) bond motifs is 1. The van der Waals surface area contributed by atoms with Crippen LogP contribution in [-0.2, 0) is 31.6 Å². The highest BCUT2D eigenvalue weighted by Crippen LogP contribution is 2.66. The van der Waals surface area contributed by atoms with E-state index in [0.29, 0.717) is 0 Å². The lowest BCUT2D eigenvalue weighted by molar-refractivity contribution is -0.119. The second kappa shape index (κ2) is 9.05. The van der Waals surface area contributed by atoms with Gasteiger partial charge in [-0.25, -0.2) is 28.1 Å².